The van der Waals surface area contributed by atoms with Crippen molar-refractivity contribution in [3.63, 3.8) is 0 Å². The van der Waals surface area contributed by atoms with Gasteiger partial charge in [0, 0.05) is 6.54 Å². The summed E-state index contributed by atoms with van der Waals surface area (Å²) < 4.78 is 5.06. The summed E-state index contributed by atoms with van der Waals surface area (Å²) in [5, 5.41) is 4.85. The Hall–Kier alpha value is -2.08. The van der Waals surface area contributed by atoms with Gasteiger partial charge in [-0.2, -0.15) is 0 Å². The molecule has 3 amide bonds. The second kappa shape index (κ2) is 8.97. The summed E-state index contributed by atoms with van der Waals surface area (Å²) in [4.78, 5) is 23.2. The predicted octanol–water partition coefficient (Wildman–Crippen LogP) is 1.19. The zero-order valence-corrected chi connectivity index (χ0v) is 12.5. The first-order valence-electron chi connectivity index (χ1n) is 7.04. The van der Waals surface area contributed by atoms with E-state index in [1.54, 1.807) is 19.2 Å². The Morgan fingerprint density at radius 3 is 2.52 bits per heavy atom. The first-order chi connectivity index (χ1) is 10.1. The Kier molecular flexibility index (Phi) is 7.25. The molecule has 1 atom stereocenters. The van der Waals surface area contributed by atoms with Gasteiger partial charge in [-0.25, -0.2) is 4.79 Å². The van der Waals surface area contributed by atoms with E-state index in [9.17, 15) is 9.59 Å². The monoisotopic (exact) mass is 293 g/mol. The Labute approximate surface area is 125 Å². The minimum atomic E-state index is -0.768. The second-order valence-corrected chi connectivity index (χ2v) is 4.76. The van der Waals surface area contributed by atoms with Crippen LogP contribution in [-0.4, -0.2) is 31.6 Å². The predicted molar refractivity (Wildman–Crippen MR) is 81.1 cm³/mol. The van der Waals surface area contributed by atoms with E-state index in [-0.39, 0.29) is 0 Å². The fraction of sp³-hybridized carbons (Fsp3) is 0.467. The highest BCUT2D eigenvalue weighted by atomic mass is 16.5. The molecule has 0 saturated carbocycles. The topological polar surface area (TPSA) is 93.5 Å². The number of urea groups is 1. The van der Waals surface area contributed by atoms with Gasteiger partial charge in [-0.15, -0.1) is 0 Å². The van der Waals surface area contributed by atoms with Crippen LogP contribution in [-0.2, 0) is 11.2 Å². The molecule has 116 valence electrons. The summed E-state index contributed by atoms with van der Waals surface area (Å²) in [5.41, 5.74) is 6.71. The summed E-state index contributed by atoms with van der Waals surface area (Å²) in [5.74, 6) is 0.256. The maximum absolute atomic E-state index is 11.8. The maximum Gasteiger partial charge on any atom is 0.321 e. The Bertz CT molecular complexity index is 460. The number of hydrogen-bond acceptors (Lipinski definition) is 4. The number of hydrogen-bond donors (Lipinski definition) is 3. The molecule has 1 aromatic rings. The molecule has 0 aliphatic rings. The number of ether oxygens (including phenoxy) is 1. The van der Waals surface area contributed by atoms with Crippen LogP contribution in [0.15, 0.2) is 24.3 Å². The maximum atomic E-state index is 11.8. The highest BCUT2D eigenvalue weighted by molar-refractivity contribution is 5.96. The van der Waals surface area contributed by atoms with E-state index in [0.717, 1.165) is 24.2 Å². The largest absolute Gasteiger partial charge is 0.497 e. The zero-order valence-electron chi connectivity index (χ0n) is 12.5. The van der Waals surface area contributed by atoms with Gasteiger partial charge >= 0.3 is 6.03 Å². The number of rotatable bonds is 7. The SMILES string of the molecule is CCCCNC(=O)NC(=O)[C@@H](N)Cc1ccc(OC)cc1. The minimum Gasteiger partial charge on any atom is -0.497 e. The van der Waals surface area contributed by atoms with E-state index >= 15 is 0 Å². The Morgan fingerprint density at radius 1 is 1.29 bits per heavy atom. The van der Waals surface area contributed by atoms with Crippen molar-refractivity contribution in [1.82, 2.24) is 10.6 Å². The van der Waals surface area contributed by atoms with Crippen molar-refractivity contribution in [2.45, 2.75) is 32.2 Å². The molecule has 21 heavy (non-hydrogen) atoms. The fourth-order valence-electron chi connectivity index (χ4n) is 1.74. The smallest absolute Gasteiger partial charge is 0.321 e. The summed E-state index contributed by atoms with van der Waals surface area (Å²) in [6, 6.07) is 6.02. The van der Waals surface area contributed by atoms with Crippen molar-refractivity contribution in [2.75, 3.05) is 13.7 Å². The Morgan fingerprint density at radius 2 is 1.95 bits per heavy atom. The van der Waals surface area contributed by atoms with Crippen LogP contribution in [0.5, 0.6) is 5.75 Å². The van der Waals surface area contributed by atoms with E-state index in [1.807, 2.05) is 19.1 Å². The molecule has 0 radical (unpaired) electrons. The lowest BCUT2D eigenvalue weighted by Gasteiger charge is -2.12. The molecule has 0 aromatic heterocycles. The molecule has 0 bridgehead atoms. The summed E-state index contributed by atoms with van der Waals surface area (Å²) in [7, 11) is 1.59. The number of unbranched alkanes of at least 4 members (excludes halogenated alkanes) is 1. The van der Waals surface area contributed by atoms with Crippen LogP contribution in [0.1, 0.15) is 25.3 Å². The zero-order chi connectivity index (χ0) is 15.7. The van der Waals surface area contributed by atoms with Crippen molar-refractivity contribution in [3.8, 4) is 5.75 Å². The molecule has 0 aliphatic carbocycles. The van der Waals surface area contributed by atoms with Crippen LogP contribution in [0.4, 0.5) is 4.79 Å². The molecule has 0 aliphatic heterocycles. The minimum absolute atomic E-state index is 0.359. The Balaban J connectivity index is 2.41. The van der Waals surface area contributed by atoms with Gasteiger partial charge in [-0.05, 0) is 30.5 Å². The van der Waals surface area contributed by atoms with E-state index in [0.29, 0.717) is 13.0 Å². The number of nitrogens with one attached hydrogen (secondary N) is 2. The third kappa shape index (κ3) is 6.27. The van der Waals surface area contributed by atoms with Gasteiger partial charge in [0.05, 0.1) is 13.2 Å². The molecule has 0 unspecified atom stereocenters. The molecule has 6 nitrogen and oxygen atoms in total. The van der Waals surface area contributed by atoms with Crippen molar-refractivity contribution in [1.29, 1.82) is 0 Å². The molecule has 6 heteroatoms. The van der Waals surface area contributed by atoms with E-state index in [2.05, 4.69) is 10.6 Å². The lowest BCUT2D eigenvalue weighted by molar-refractivity contribution is -0.121. The molecule has 0 spiro atoms. The lowest BCUT2D eigenvalue weighted by atomic mass is 10.1. The highest BCUT2D eigenvalue weighted by Gasteiger charge is 2.16. The van der Waals surface area contributed by atoms with Crippen molar-refractivity contribution in [2.24, 2.45) is 5.73 Å². The molecule has 0 saturated heterocycles. The number of imide groups is 1. The number of carbonyl (C=O) groups is 2. The standard InChI is InChI=1S/C15H23N3O3/c1-3-4-9-17-15(20)18-14(19)13(16)10-11-5-7-12(21-2)8-6-11/h5-8,13H,3-4,9-10,16H2,1-2H3,(H2,17,18,19,20)/t13-/m0/s1. The number of nitrogens with two attached hydrogens (primary N) is 1. The van der Waals surface area contributed by atoms with Gasteiger partial charge < -0.3 is 15.8 Å². The van der Waals surface area contributed by atoms with Gasteiger partial charge in [0.2, 0.25) is 5.91 Å². The second-order valence-electron chi connectivity index (χ2n) is 4.76. The summed E-state index contributed by atoms with van der Waals surface area (Å²) in [6.45, 7) is 2.57. The molecule has 4 N–H and O–H groups in total. The van der Waals surface area contributed by atoms with E-state index < -0.39 is 18.0 Å². The van der Waals surface area contributed by atoms with E-state index in [1.165, 1.54) is 0 Å². The summed E-state index contributed by atoms with van der Waals surface area (Å²) in [6.07, 6.45) is 2.21. The first-order valence-corrected chi connectivity index (χ1v) is 7.04. The average Bonchev–Trinajstić information content (AvgIpc) is 2.48. The average molecular weight is 293 g/mol. The number of amides is 3. The molecular formula is C15H23N3O3. The quantitative estimate of drug-likeness (QED) is 0.658. The van der Waals surface area contributed by atoms with Gasteiger partial charge in [-0.3, -0.25) is 10.1 Å². The molecular weight excluding hydrogens is 270 g/mol. The van der Waals surface area contributed by atoms with Crippen molar-refractivity contribution < 1.29 is 14.3 Å². The van der Waals surface area contributed by atoms with Crippen molar-refractivity contribution >= 4 is 11.9 Å². The highest BCUT2D eigenvalue weighted by Crippen LogP contribution is 2.12. The fourth-order valence-corrected chi connectivity index (χ4v) is 1.74. The van der Waals surface area contributed by atoms with Gasteiger partial charge in [-0.1, -0.05) is 25.5 Å². The lowest BCUT2D eigenvalue weighted by Crippen LogP contribution is -2.48. The molecule has 0 fully saturated rings. The van der Waals surface area contributed by atoms with Crippen LogP contribution in [0, 0.1) is 0 Å². The van der Waals surface area contributed by atoms with Crippen LogP contribution in [0.3, 0.4) is 0 Å². The normalized spacial score (nSPS) is 11.6. The van der Waals surface area contributed by atoms with Crippen molar-refractivity contribution in [3.05, 3.63) is 29.8 Å². The number of methoxy groups -OCH3 is 1. The number of carbonyl (C=O) groups excluding carboxylic acids is 2. The molecule has 0 heterocycles. The third-order valence-electron chi connectivity index (χ3n) is 3.00. The third-order valence-corrected chi connectivity index (χ3v) is 3.00. The van der Waals surface area contributed by atoms with Crippen LogP contribution >= 0.6 is 0 Å². The first kappa shape index (κ1) is 17.0. The van der Waals surface area contributed by atoms with Gasteiger partial charge in [0.25, 0.3) is 0 Å². The van der Waals surface area contributed by atoms with E-state index in [4.69, 9.17) is 10.5 Å². The van der Waals surface area contributed by atoms with Crippen LogP contribution < -0.4 is 21.1 Å². The molecule has 1 rings (SSSR count). The van der Waals surface area contributed by atoms with Crippen LogP contribution in [0.25, 0.3) is 0 Å². The van der Waals surface area contributed by atoms with Crippen LogP contribution in [0.2, 0.25) is 0 Å². The van der Waals surface area contributed by atoms with Gasteiger partial charge in [0.1, 0.15) is 5.75 Å². The summed E-state index contributed by atoms with van der Waals surface area (Å²) >= 11 is 0. The van der Waals surface area contributed by atoms with Gasteiger partial charge in [0.15, 0.2) is 0 Å². The number of benzene rings is 1. The molecule has 1 aromatic carbocycles.